The van der Waals surface area contributed by atoms with E-state index >= 15 is 0 Å². The highest BCUT2D eigenvalue weighted by Crippen LogP contribution is 2.16. The number of hydrogen-bond acceptors (Lipinski definition) is 3. The van der Waals surface area contributed by atoms with E-state index in [4.69, 9.17) is 11.6 Å². The zero-order chi connectivity index (χ0) is 19.9. The van der Waals surface area contributed by atoms with Gasteiger partial charge in [-0.3, -0.25) is 14.5 Å². The maximum Gasteiger partial charge on any atom is 0.251 e. The number of amides is 2. The van der Waals surface area contributed by atoms with Gasteiger partial charge in [0.05, 0.1) is 6.54 Å². The molecule has 2 amide bonds. The standard InChI is InChI=1S/C22H26ClN3O2/c1-16-2-6-18(7-3-16)22(28)24-14-21(27)25-20-10-12-26(13-11-20)15-17-4-8-19(23)9-5-17/h2-9,20H,10-15H2,1H3,(H,24,28)(H,25,27). The highest BCUT2D eigenvalue weighted by molar-refractivity contribution is 6.30. The third-order valence-electron chi connectivity index (χ3n) is 5.00. The van der Waals surface area contributed by atoms with Gasteiger partial charge in [0, 0.05) is 36.3 Å². The number of likely N-dealkylation sites (tertiary alicyclic amines) is 1. The molecule has 1 aliphatic heterocycles. The van der Waals surface area contributed by atoms with Crippen molar-refractivity contribution in [1.29, 1.82) is 0 Å². The summed E-state index contributed by atoms with van der Waals surface area (Å²) in [6.07, 6.45) is 1.82. The zero-order valence-corrected chi connectivity index (χ0v) is 16.8. The molecule has 0 aliphatic carbocycles. The van der Waals surface area contributed by atoms with E-state index in [9.17, 15) is 9.59 Å². The highest BCUT2D eigenvalue weighted by Gasteiger charge is 2.21. The Hall–Kier alpha value is -2.37. The molecule has 3 rings (SSSR count). The lowest BCUT2D eigenvalue weighted by Gasteiger charge is -2.32. The number of halogens is 1. The Morgan fingerprint density at radius 1 is 1.04 bits per heavy atom. The molecule has 0 unspecified atom stereocenters. The topological polar surface area (TPSA) is 61.4 Å². The average Bonchev–Trinajstić information content (AvgIpc) is 2.70. The van der Waals surface area contributed by atoms with Crippen molar-refractivity contribution in [2.45, 2.75) is 32.4 Å². The summed E-state index contributed by atoms with van der Waals surface area (Å²) in [6, 6.07) is 15.4. The van der Waals surface area contributed by atoms with E-state index in [1.54, 1.807) is 12.1 Å². The van der Waals surface area contributed by atoms with Crippen molar-refractivity contribution in [2.24, 2.45) is 0 Å². The Morgan fingerprint density at radius 3 is 2.32 bits per heavy atom. The van der Waals surface area contributed by atoms with Gasteiger partial charge in [0.25, 0.3) is 5.91 Å². The minimum Gasteiger partial charge on any atom is -0.352 e. The van der Waals surface area contributed by atoms with Crippen LogP contribution in [0.3, 0.4) is 0 Å². The highest BCUT2D eigenvalue weighted by atomic mass is 35.5. The first kappa shape index (κ1) is 20.4. The Bertz CT molecular complexity index is 798. The molecule has 2 N–H and O–H groups in total. The maximum atomic E-state index is 12.2. The van der Waals surface area contributed by atoms with Crippen LogP contribution in [0.5, 0.6) is 0 Å². The molecule has 0 aromatic heterocycles. The smallest absolute Gasteiger partial charge is 0.251 e. The van der Waals surface area contributed by atoms with Crippen molar-refractivity contribution in [3.8, 4) is 0 Å². The fourth-order valence-electron chi connectivity index (χ4n) is 3.33. The molecule has 28 heavy (non-hydrogen) atoms. The number of aryl methyl sites for hydroxylation is 1. The van der Waals surface area contributed by atoms with Gasteiger partial charge in [0.1, 0.15) is 0 Å². The van der Waals surface area contributed by atoms with Crippen LogP contribution in [-0.4, -0.2) is 42.4 Å². The second-order valence-electron chi connectivity index (χ2n) is 7.29. The predicted molar refractivity (Wildman–Crippen MR) is 111 cm³/mol. The van der Waals surface area contributed by atoms with Crippen LogP contribution in [0, 0.1) is 6.92 Å². The SMILES string of the molecule is Cc1ccc(C(=O)NCC(=O)NC2CCN(Cc3ccc(Cl)cc3)CC2)cc1. The molecule has 6 heteroatoms. The van der Waals surface area contributed by atoms with Gasteiger partial charge in [-0.1, -0.05) is 41.4 Å². The van der Waals surface area contributed by atoms with Crippen LogP contribution < -0.4 is 10.6 Å². The molecule has 1 saturated heterocycles. The van der Waals surface area contributed by atoms with E-state index in [0.29, 0.717) is 5.56 Å². The normalized spacial score (nSPS) is 15.2. The Morgan fingerprint density at radius 2 is 1.68 bits per heavy atom. The number of carbonyl (C=O) groups is 2. The van der Waals surface area contributed by atoms with Gasteiger partial charge >= 0.3 is 0 Å². The quantitative estimate of drug-likeness (QED) is 0.784. The summed E-state index contributed by atoms with van der Waals surface area (Å²) >= 11 is 5.93. The molecule has 2 aromatic carbocycles. The van der Waals surface area contributed by atoms with E-state index in [0.717, 1.165) is 43.1 Å². The summed E-state index contributed by atoms with van der Waals surface area (Å²) in [6.45, 7) is 4.73. The van der Waals surface area contributed by atoms with E-state index in [-0.39, 0.29) is 24.4 Å². The molecule has 0 atom stereocenters. The summed E-state index contributed by atoms with van der Waals surface area (Å²) < 4.78 is 0. The Labute approximate surface area is 171 Å². The van der Waals surface area contributed by atoms with Crippen LogP contribution >= 0.6 is 11.6 Å². The number of carbonyl (C=O) groups excluding carboxylic acids is 2. The summed E-state index contributed by atoms with van der Waals surface area (Å²) in [7, 11) is 0. The molecule has 1 aliphatic rings. The summed E-state index contributed by atoms with van der Waals surface area (Å²) in [5, 5.41) is 6.46. The molecular weight excluding hydrogens is 374 g/mol. The molecule has 5 nitrogen and oxygen atoms in total. The molecular formula is C22H26ClN3O2. The largest absolute Gasteiger partial charge is 0.352 e. The summed E-state index contributed by atoms with van der Waals surface area (Å²) in [5.41, 5.74) is 2.90. The van der Waals surface area contributed by atoms with Crippen LogP contribution in [0.1, 0.15) is 34.3 Å². The van der Waals surface area contributed by atoms with E-state index in [1.807, 2.05) is 43.3 Å². The Kier molecular flexibility index (Phi) is 7.06. The van der Waals surface area contributed by atoms with Crippen molar-refractivity contribution < 1.29 is 9.59 Å². The minimum atomic E-state index is -0.229. The molecule has 0 spiro atoms. The van der Waals surface area contributed by atoms with Crippen molar-refractivity contribution >= 4 is 23.4 Å². The van der Waals surface area contributed by atoms with E-state index < -0.39 is 0 Å². The molecule has 1 fully saturated rings. The van der Waals surface area contributed by atoms with Crippen LogP contribution in [0.15, 0.2) is 48.5 Å². The number of nitrogens with zero attached hydrogens (tertiary/aromatic N) is 1. The van der Waals surface area contributed by atoms with Gasteiger partial charge < -0.3 is 10.6 Å². The van der Waals surface area contributed by atoms with Crippen molar-refractivity contribution in [1.82, 2.24) is 15.5 Å². The van der Waals surface area contributed by atoms with E-state index in [1.165, 1.54) is 5.56 Å². The molecule has 0 bridgehead atoms. The molecule has 2 aromatic rings. The van der Waals surface area contributed by atoms with Crippen LogP contribution in [-0.2, 0) is 11.3 Å². The number of rotatable bonds is 6. The monoisotopic (exact) mass is 399 g/mol. The first-order valence-corrected chi connectivity index (χ1v) is 9.98. The van der Waals surface area contributed by atoms with Crippen LogP contribution in [0.4, 0.5) is 0 Å². The molecule has 1 heterocycles. The van der Waals surface area contributed by atoms with Crippen LogP contribution in [0.25, 0.3) is 0 Å². The zero-order valence-electron chi connectivity index (χ0n) is 16.1. The van der Waals surface area contributed by atoms with Gasteiger partial charge in [0.2, 0.25) is 5.91 Å². The van der Waals surface area contributed by atoms with Gasteiger partial charge in [0.15, 0.2) is 0 Å². The summed E-state index contributed by atoms with van der Waals surface area (Å²) in [5.74, 6) is -0.371. The fraction of sp³-hybridized carbons (Fsp3) is 0.364. The van der Waals surface area contributed by atoms with Crippen molar-refractivity contribution in [3.05, 3.63) is 70.2 Å². The van der Waals surface area contributed by atoms with Crippen LogP contribution in [0.2, 0.25) is 5.02 Å². The third kappa shape index (κ3) is 6.08. The number of nitrogens with one attached hydrogen (secondary N) is 2. The third-order valence-corrected chi connectivity index (χ3v) is 5.25. The van der Waals surface area contributed by atoms with Gasteiger partial charge in [-0.15, -0.1) is 0 Å². The molecule has 148 valence electrons. The number of piperidine rings is 1. The summed E-state index contributed by atoms with van der Waals surface area (Å²) in [4.78, 5) is 26.6. The lowest BCUT2D eigenvalue weighted by atomic mass is 10.0. The lowest BCUT2D eigenvalue weighted by Crippen LogP contribution is -2.47. The minimum absolute atomic E-state index is 0.00228. The first-order chi connectivity index (χ1) is 13.5. The molecule has 0 radical (unpaired) electrons. The number of benzene rings is 2. The van der Waals surface area contributed by atoms with Crippen molar-refractivity contribution in [3.63, 3.8) is 0 Å². The second kappa shape index (κ2) is 9.71. The van der Waals surface area contributed by atoms with Gasteiger partial charge in [-0.2, -0.15) is 0 Å². The maximum absolute atomic E-state index is 12.2. The fourth-order valence-corrected chi connectivity index (χ4v) is 3.46. The van der Waals surface area contributed by atoms with Gasteiger partial charge in [-0.05, 0) is 49.6 Å². The number of hydrogen-bond donors (Lipinski definition) is 2. The average molecular weight is 400 g/mol. The van der Waals surface area contributed by atoms with Crippen molar-refractivity contribution in [2.75, 3.05) is 19.6 Å². The molecule has 0 saturated carbocycles. The van der Waals surface area contributed by atoms with E-state index in [2.05, 4.69) is 15.5 Å². The first-order valence-electron chi connectivity index (χ1n) is 9.60. The lowest BCUT2D eigenvalue weighted by molar-refractivity contribution is -0.121. The predicted octanol–water partition coefficient (Wildman–Crippen LogP) is 3.16. The second-order valence-corrected chi connectivity index (χ2v) is 7.73. The Balaban J connectivity index is 1.37. The van der Waals surface area contributed by atoms with Gasteiger partial charge in [-0.25, -0.2) is 0 Å².